The highest BCUT2D eigenvalue weighted by Crippen LogP contribution is 2.24. The van der Waals surface area contributed by atoms with E-state index in [1.54, 1.807) is 0 Å². The Morgan fingerprint density at radius 1 is 1.44 bits per heavy atom. The molecule has 0 aliphatic heterocycles. The maximum atomic E-state index is 12.7. The van der Waals surface area contributed by atoms with Crippen molar-refractivity contribution in [3.05, 3.63) is 18.3 Å². The third kappa shape index (κ3) is 3.56. The van der Waals surface area contributed by atoms with Gasteiger partial charge in [0.25, 0.3) is 0 Å². The van der Waals surface area contributed by atoms with E-state index in [1.165, 1.54) is 6.07 Å². The molecule has 0 aliphatic rings. The Morgan fingerprint density at radius 3 is 2.56 bits per heavy atom. The van der Waals surface area contributed by atoms with Crippen LogP contribution >= 0.6 is 0 Å². The standard InChI is InChI=1S/C9H10F4N2O2S/c1-18(16,17)6-3-2-4-14-7(6)15-5-9(12,13)8(10)11/h2-4,8H,5H2,1H3,(H,14,15). The van der Waals surface area contributed by atoms with Crippen LogP contribution in [0, 0.1) is 0 Å². The third-order valence-corrected chi connectivity index (χ3v) is 3.11. The Kier molecular flexibility index (Phi) is 4.15. The van der Waals surface area contributed by atoms with Crippen molar-refractivity contribution in [3.8, 4) is 0 Å². The topological polar surface area (TPSA) is 59.1 Å². The predicted octanol–water partition coefficient (Wildman–Crippen LogP) is 1.80. The second-order valence-electron chi connectivity index (χ2n) is 3.54. The molecule has 0 amide bonds. The van der Waals surface area contributed by atoms with Gasteiger partial charge in [-0.25, -0.2) is 22.2 Å². The van der Waals surface area contributed by atoms with E-state index < -0.39 is 28.7 Å². The average Bonchev–Trinajstić information content (AvgIpc) is 2.25. The number of anilines is 1. The van der Waals surface area contributed by atoms with Crippen molar-refractivity contribution in [1.29, 1.82) is 0 Å². The Balaban J connectivity index is 2.94. The highest BCUT2D eigenvalue weighted by atomic mass is 32.2. The molecule has 0 spiro atoms. The monoisotopic (exact) mass is 286 g/mol. The molecule has 102 valence electrons. The molecule has 1 rings (SSSR count). The van der Waals surface area contributed by atoms with Crippen molar-refractivity contribution in [2.75, 3.05) is 18.1 Å². The zero-order valence-corrected chi connectivity index (χ0v) is 10.0. The highest BCUT2D eigenvalue weighted by molar-refractivity contribution is 7.90. The summed E-state index contributed by atoms with van der Waals surface area (Å²) in [5, 5.41) is 1.92. The van der Waals surface area contributed by atoms with Crippen LogP contribution in [0.15, 0.2) is 23.2 Å². The maximum Gasteiger partial charge on any atom is 0.324 e. The van der Waals surface area contributed by atoms with Crippen LogP contribution in [-0.2, 0) is 9.84 Å². The molecule has 0 bridgehead atoms. The molecule has 1 N–H and O–H groups in total. The number of hydrogen-bond donors (Lipinski definition) is 1. The number of nitrogens with one attached hydrogen (secondary N) is 1. The molecule has 0 saturated carbocycles. The van der Waals surface area contributed by atoms with E-state index in [4.69, 9.17) is 0 Å². The van der Waals surface area contributed by atoms with Crippen molar-refractivity contribution in [2.24, 2.45) is 0 Å². The Labute approximate surface area is 101 Å². The summed E-state index contributed by atoms with van der Waals surface area (Å²) in [4.78, 5) is 3.22. The number of alkyl halides is 4. The zero-order valence-electron chi connectivity index (χ0n) is 9.20. The van der Waals surface area contributed by atoms with Crippen LogP contribution in [0.4, 0.5) is 23.4 Å². The first-order chi connectivity index (χ1) is 8.14. The largest absolute Gasteiger partial charge is 0.363 e. The van der Waals surface area contributed by atoms with Gasteiger partial charge in [-0.3, -0.25) is 0 Å². The number of pyridine rings is 1. The number of nitrogens with zero attached hydrogens (tertiary/aromatic N) is 1. The molecule has 0 radical (unpaired) electrons. The quantitative estimate of drug-likeness (QED) is 0.838. The first-order valence-electron chi connectivity index (χ1n) is 4.69. The molecule has 9 heteroatoms. The van der Waals surface area contributed by atoms with Crippen molar-refractivity contribution in [2.45, 2.75) is 17.2 Å². The molecule has 0 fully saturated rings. The van der Waals surface area contributed by atoms with Gasteiger partial charge < -0.3 is 5.32 Å². The van der Waals surface area contributed by atoms with Crippen LogP contribution in [0.25, 0.3) is 0 Å². The summed E-state index contributed by atoms with van der Waals surface area (Å²) in [5.41, 5.74) is 0. The Morgan fingerprint density at radius 2 is 2.06 bits per heavy atom. The summed E-state index contributed by atoms with van der Waals surface area (Å²) in [5.74, 6) is -4.63. The number of hydrogen-bond acceptors (Lipinski definition) is 4. The van der Waals surface area contributed by atoms with Crippen LogP contribution in [0.2, 0.25) is 0 Å². The van der Waals surface area contributed by atoms with Crippen LogP contribution in [0.3, 0.4) is 0 Å². The normalized spacial score (nSPS) is 12.8. The van der Waals surface area contributed by atoms with E-state index in [0.29, 0.717) is 0 Å². The Hall–Kier alpha value is -1.38. The molecule has 1 aromatic rings. The molecule has 4 nitrogen and oxygen atoms in total. The lowest BCUT2D eigenvalue weighted by molar-refractivity contribution is -0.117. The summed E-state index contributed by atoms with van der Waals surface area (Å²) >= 11 is 0. The van der Waals surface area contributed by atoms with Gasteiger partial charge in [-0.15, -0.1) is 0 Å². The summed E-state index contributed by atoms with van der Waals surface area (Å²) in [6.07, 6.45) is -1.81. The number of rotatable bonds is 5. The van der Waals surface area contributed by atoms with Crippen LogP contribution in [0.1, 0.15) is 0 Å². The van der Waals surface area contributed by atoms with E-state index in [2.05, 4.69) is 4.98 Å². The maximum absolute atomic E-state index is 12.7. The molecule has 18 heavy (non-hydrogen) atoms. The van der Waals surface area contributed by atoms with Gasteiger partial charge in [-0.05, 0) is 12.1 Å². The van der Waals surface area contributed by atoms with Crippen molar-refractivity contribution >= 4 is 15.7 Å². The lowest BCUT2D eigenvalue weighted by atomic mass is 10.3. The molecule has 0 unspecified atom stereocenters. The summed E-state index contributed by atoms with van der Waals surface area (Å²) in [6.45, 7) is -1.40. The number of sulfone groups is 1. The molecule has 0 saturated heterocycles. The fourth-order valence-electron chi connectivity index (χ4n) is 1.10. The van der Waals surface area contributed by atoms with Gasteiger partial charge in [-0.1, -0.05) is 0 Å². The molecule has 1 heterocycles. The second kappa shape index (κ2) is 5.09. The van der Waals surface area contributed by atoms with Gasteiger partial charge in [0.05, 0.1) is 6.54 Å². The SMILES string of the molecule is CS(=O)(=O)c1cccnc1NCC(F)(F)C(F)F. The smallest absolute Gasteiger partial charge is 0.324 e. The van der Waals surface area contributed by atoms with E-state index in [0.717, 1.165) is 18.5 Å². The van der Waals surface area contributed by atoms with Gasteiger partial charge in [-0.2, -0.15) is 8.78 Å². The highest BCUT2D eigenvalue weighted by Gasteiger charge is 2.40. The van der Waals surface area contributed by atoms with Crippen LogP contribution < -0.4 is 5.32 Å². The van der Waals surface area contributed by atoms with Crippen LogP contribution in [0.5, 0.6) is 0 Å². The van der Waals surface area contributed by atoms with Crippen molar-refractivity contribution < 1.29 is 26.0 Å². The van der Waals surface area contributed by atoms with E-state index in [1.807, 2.05) is 5.32 Å². The molecule has 0 atom stereocenters. The van der Waals surface area contributed by atoms with E-state index >= 15 is 0 Å². The van der Waals surface area contributed by atoms with Gasteiger partial charge in [0.1, 0.15) is 10.7 Å². The summed E-state index contributed by atoms with van der Waals surface area (Å²) in [6, 6.07) is 2.44. The second-order valence-corrected chi connectivity index (χ2v) is 5.52. The fraction of sp³-hybridized carbons (Fsp3) is 0.444. The molecule has 0 aliphatic carbocycles. The molecular formula is C9H10F4N2O2S. The zero-order chi connectivity index (χ0) is 14.0. The lowest BCUT2D eigenvalue weighted by Gasteiger charge is -2.17. The van der Waals surface area contributed by atoms with E-state index in [-0.39, 0.29) is 10.7 Å². The number of halogens is 4. The minimum atomic E-state index is -4.26. The molecule has 1 aromatic heterocycles. The lowest BCUT2D eigenvalue weighted by Crippen LogP contribution is -2.35. The van der Waals surface area contributed by atoms with Gasteiger partial charge in [0, 0.05) is 12.5 Å². The van der Waals surface area contributed by atoms with Crippen LogP contribution in [-0.4, -0.2) is 38.6 Å². The van der Waals surface area contributed by atoms with Gasteiger partial charge in [0.15, 0.2) is 9.84 Å². The molecular weight excluding hydrogens is 276 g/mol. The van der Waals surface area contributed by atoms with E-state index in [9.17, 15) is 26.0 Å². The first-order valence-corrected chi connectivity index (χ1v) is 6.58. The summed E-state index contributed by atoms with van der Waals surface area (Å²) < 4.78 is 71.8. The summed E-state index contributed by atoms with van der Waals surface area (Å²) in [7, 11) is -3.68. The first kappa shape index (κ1) is 14.7. The Bertz CT molecular complexity index is 519. The van der Waals surface area contributed by atoms with Gasteiger partial charge in [0.2, 0.25) is 0 Å². The third-order valence-electron chi connectivity index (χ3n) is 1.98. The number of aromatic nitrogens is 1. The predicted molar refractivity (Wildman–Crippen MR) is 56.8 cm³/mol. The minimum absolute atomic E-state index is 0.324. The van der Waals surface area contributed by atoms with Crippen molar-refractivity contribution in [3.63, 3.8) is 0 Å². The average molecular weight is 286 g/mol. The minimum Gasteiger partial charge on any atom is -0.363 e. The van der Waals surface area contributed by atoms with Gasteiger partial charge >= 0.3 is 12.3 Å². The fourth-order valence-corrected chi connectivity index (χ4v) is 1.90. The molecule has 0 aromatic carbocycles. The van der Waals surface area contributed by atoms with Crippen molar-refractivity contribution in [1.82, 2.24) is 4.98 Å².